The topological polar surface area (TPSA) is 91.6 Å². The lowest BCUT2D eigenvalue weighted by molar-refractivity contribution is 0.0775. The number of amides is 2. The maximum atomic E-state index is 13.2. The van der Waals surface area contributed by atoms with Gasteiger partial charge in [-0.05, 0) is 62.6 Å². The zero-order valence-electron chi connectivity index (χ0n) is 19.5. The molecule has 1 aliphatic rings. The van der Waals surface area contributed by atoms with Crippen molar-refractivity contribution in [2.24, 2.45) is 0 Å². The molecule has 8 nitrogen and oxygen atoms in total. The van der Waals surface area contributed by atoms with Crippen LogP contribution in [0.15, 0.2) is 30.7 Å². The minimum absolute atomic E-state index is 0.0523. The average Bonchev–Trinajstić information content (AvgIpc) is 3.59. The van der Waals surface area contributed by atoms with Gasteiger partial charge in [0.1, 0.15) is 11.8 Å². The molecule has 0 atom stereocenters. The first kappa shape index (κ1) is 23.1. The largest absolute Gasteiger partial charge is 0.352 e. The quantitative estimate of drug-likeness (QED) is 0.460. The molecule has 2 amide bonds. The van der Waals surface area contributed by atoms with Crippen LogP contribution in [0.4, 0.5) is 11.5 Å². The molecular formula is C24H30N6O2S. The van der Waals surface area contributed by atoms with Crippen LogP contribution < -0.4 is 10.6 Å². The number of thioether (sulfide) groups is 1. The van der Waals surface area contributed by atoms with Crippen molar-refractivity contribution in [1.29, 1.82) is 0 Å². The lowest BCUT2D eigenvalue weighted by atomic mass is 10.1. The Morgan fingerprint density at radius 3 is 2.76 bits per heavy atom. The lowest BCUT2D eigenvalue weighted by Gasteiger charge is -2.22. The minimum Gasteiger partial charge on any atom is -0.352 e. The number of benzene rings is 1. The predicted molar refractivity (Wildman–Crippen MR) is 132 cm³/mol. The second-order valence-electron chi connectivity index (χ2n) is 8.40. The van der Waals surface area contributed by atoms with Gasteiger partial charge in [-0.1, -0.05) is 13.0 Å². The summed E-state index contributed by atoms with van der Waals surface area (Å²) in [5, 5.41) is 10.6. The second kappa shape index (κ2) is 9.82. The van der Waals surface area contributed by atoms with Gasteiger partial charge in [0, 0.05) is 30.0 Å². The van der Waals surface area contributed by atoms with E-state index >= 15 is 0 Å². The fourth-order valence-electron chi connectivity index (χ4n) is 3.85. The van der Waals surface area contributed by atoms with Crippen molar-refractivity contribution in [2.45, 2.75) is 46.1 Å². The van der Waals surface area contributed by atoms with Gasteiger partial charge in [0.2, 0.25) is 0 Å². The first-order chi connectivity index (χ1) is 15.9. The molecule has 3 aromatic rings. The molecule has 33 heavy (non-hydrogen) atoms. The molecule has 0 unspecified atom stereocenters. The first-order valence-corrected chi connectivity index (χ1v) is 12.6. The van der Waals surface area contributed by atoms with Crippen LogP contribution in [0.2, 0.25) is 0 Å². The molecule has 1 aromatic carbocycles. The summed E-state index contributed by atoms with van der Waals surface area (Å²) in [4.78, 5) is 32.2. The number of nitrogens with one attached hydrogen (secondary N) is 2. The summed E-state index contributed by atoms with van der Waals surface area (Å²) in [5.41, 5.74) is 4.56. The van der Waals surface area contributed by atoms with Crippen molar-refractivity contribution in [1.82, 2.24) is 24.8 Å². The molecule has 174 valence electrons. The highest BCUT2D eigenvalue weighted by molar-refractivity contribution is 7.98. The second-order valence-corrected chi connectivity index (χ2v) is 9.24. The number of fused-ring (bicyclic) bond motifs is 1. The fourth-order valence-corrected chi connectivity index (χ4v) is 4.46. The summed E-state index contributed by atoms with van der Waals surface area (Å²) in [6, 6.07) is 6.07. The van der Waals surface area contributed by atoms with E-state index in [1.807, 2.05) is 50.1 Å². The van der Waals surface area contributed by atoms with Crippen molar-refractivity contribution >= 4 is 40.6 Å². The zero-order valence-corrected chi connectivity index (χ0v) is 20.3. The highest BCUT2D eigenvalue weighted by Gasteiger charge is 2.32. The van der Waals surface area contributed by atoms with E-state index in [-0.39, 0.29) is 11.8 Å². The molecule has 1 aliphatic carbocycles. The van der Waals surface area contributed by atoms with Crippen LogP contribution in [0.5, 0.6) is 0 Å². The summed E-state index contributed by atoms with van der Waals surface area (Å²) < 4.78 is 1.67. The highest BCUT2D eigenvalue weighted by Crippen LogP contribution is 2.31. The maximum Gasteiger partial charge on any atom is 0.254 e. The number of nitrogens with zero attached hydrogens (tertiary/aromatic N) is 4. The van der Waals surface area contributed by atoms with Crippen LogP contribution in [0, 0.1) is 13.8 Å². The number of hydrogen-bond acceptors (Lipinski definition) is 6. The summed E-state index contributed by atoms with van der Waals surface area (Å²) in [7, 11) is 0. The van der Waals surface area contributed by atoms with E-state index in [1.165, 1.54) is 6.33 Å². The van der Waals surface area contributed by atoms with E-state index in [2.05, 4.69) is 20.7 Å². The predicted octanol–water partition coefficient (Wildman–Crippen LogP) is 4.15. The molecule has 1 fully saturated rings. The number of rotatable bonds is 9. The summed E-state index contributed by atoms with van der Waals surface area (Å²) in [6.45, 7) is 6.52. The molecule has 2 aromatic heterocycles. The van der Waals surface area contributed by atoms with Gasteiger partial charge in [0.25, 0.3) is 11.8 Å². The Labute approximate surface area is 198 Å². The van der Waals surface area contributed by atoms with Crippen LogP contribution in [-0.2, 0) is 0 Å². The van der Waals surface area contributed by atoms with Gasteiger partial charge in [-0.3, -0.25) is 9.59 Å². The van der Waals surface area contributed by atoms with Gasteiger partial charge in [-0.2, -0.15) is 5.10 Å². The molecule has 2 N–H and O–H groups in total. The molecule has 2 heterocycles. The van der Waals surface area contributed by atoms with E-state index < -0.39 is 0 Å². The smallest absolute Gasteiger partial charge is 0.254 e. The zero-order chi connectivity index (χ0) is 23.5. The lowest BCUT2D eigenvalue weighted by Crippen LogP contribution is -2.32. The number of aryl methyl sites for hydroxylation is 2. The SMILES string of the molecule is CCCNC(=O)c1cn2ncnc(Nc3cc(C(=O)N(CSC)C4CC4)ccc3C)c2c1C. The van der Waals surface area contributed by atoms with E-state index in [0.717, 1.165) is 41.6 Å². The Morgan fingerprint density at radius 1 is 1.27 bits per heavy atom. The Hall–Kier alpha value is -3.07. The van der Waals surface area contributed by atoms with E-state index in [0.29, 0.717) is 35.4 Å². The van der Waals surface area contributed by atoms with Crippen LogP contribution >= 0.6 is 11.8 Å². The highest BCUT2D eigenvalue weighted by atomic mass is 32.2. The van der Waals surface area contributed by atoms with Crippen molar-refractivity contribution in [3.05, 3.63) is 53.0 Å². The normalized spacial score (nSPS) is 13.2. The van der Waals surface area contributed by atoms with Crippen LogP contribution in [0.3, 0.4) is 0 Å². The number of anilines is 2. The third-order valence-corrected chi connectivity index (χ3v) is 6.40. The van der Waals surface area contributed by atoms with E-state index in [4.69, 9.17) is 0 Å². The molecule has 0 aliphatic heterocycles. The minimum atomic E-state index is -0.122. The summed E-state index contributed by atoms with van der Waals surface area (Å²) >= 11 is 1.66. The van der Waals surface area contributed by atoms with E-state index in [9.17, 15) is 9.59 Å². The molecule has 0 saturated heterocycles. The van der Waals surface area contributed by atoms with Gasteiger partial charge in [0.05, 0.1) is 11.4 Å². The van der Waals surface area contributed by atoms with Gasteiger partial charge in [0.15, 0.2) is 5.82 Å². The Morgan fingerprint density at radius 2 is 2.06 bits per heavy atom. The number of carbonyl (C=O) groups is 2. The molecule has 9 heteroatoms. The number of hydrogen-bond donors (Lipinski definition) is 2. The van der Waals surface area contributed by atoms with Crippen molar-refractivity contribution in [2.75, 3.05) is 24.0 Å². The molecule has 4 rings (SSSR count). The molecule has 1 saturated carbocycles. The monoisotopic (exact) mass is 466 g/mol. The third kappa shape index (κ3) is 4.83. The van der Waals surface area contributed by atoms with Crippen molar-refractivity contribution in [3.63, 3.8) is 0 Å². The summed E-state index contributed by atoms with van der Waals surface area (Å²) in [6.07, 6.45) is 8.22. The van der Waals surface area contributed by atoms with Crippen LogP contribution in [-0.4, -0.2) is 56.0 Å². The molecule has 0 spiro atoms. The Bertz CT molecular complexity index is 1190. The molecular weight excluding hydrogens is 436 g/mol. The molecule has 0 bridgehead atoms. The van der Waals surface area contributed by atoms with Crippen LogP contribution in [0.25, 0.3) is 5.52 Å². The Kier molecular flexibility index (Phi) is 6.88. The van der Waals surface area contributed by atoms with Crippen molar-refractivity contribution in [3.8, 4) is 0 Å². The fraction of sp³-hybridized carbons (Fsp3) is 0.417. The van der Waals surface area contributed by atoms with Gasteiger partial charge in [-0.25, -0.2) is 9.50 Å². The van der Waals surface area contributed by atoms with Crippen molar-refractivity contribution < 1.29 is 9.59 Å². The third-order valence-electron chi connectivity index (χ3n) is 5.86. The van der Waals surface area contributed by atoms with Crippen LogP contribution in [0.1, 0.15) is 58.0 Å². The number of carbonyl (C=O) groups excluding carboxylic acids is 2. The number of aromatic nitrogens is 3. The van der Waals surface area contributed by atoms with Gasteiger partial charge in [-0.15, -0.1) is 11.8 Å². The Balaban J connectivity index is 1.65. The summed E-state index contributed by atoms with van der Waals surface area (Å²) in [5.74, 6) is 1.21. The van der Waals surface area contributed by atoms with Gasteiger partial charge >= 0.3 is 0 Å². The molecule has 0 radical (unpaired) electrons. The van der Waals surface area contributed by atoms with Gasteiger partial charge < -0.3 is 15.5 Å². The van der Waals surface area contributed by atoms with E-state index in [1.54, 1.807) is 22.5 Å². The maximum absolute atomic E-state index is 13.2. The first-order valence-electron chi connectivity index (χ1n) is 11.2. The standard InChI is InChI=1S/C24H30N6O2S/c1-5-10-25-23(31)19-12-30-21(16(19)3)22(26-13-27-30)28-20-11-17(7-6-15(20)2)24(32)29(14-33-4)18-8-9-18/h6-7,11-13,18H,5,8-10,14H2,1-4H3,(H,25,31)(H,26,27,28). The average molecular weight is 467 g/mol.